The predicted molar refractivity (Wildman–Crippen MR) is 295 cm³/mol. The summed E-state index contributed by atoms with van der Waals surface area (Å²) in [5.41, 5.74) is 0. The SMILES string of the molecule is CCCCCCCCCCC/C=C\C/C=C\CCCCCCCCCCCCCCCCCCCC(=O)NC(CO)C(O)/C=C/CC/C=C/CCCCCCCCCCCCCCCCC. The van der Waals surface area contributed by atoms with Gasteiger partial charge in [0.25, 0.3) is 0 Å². The highest BCUT2D eigenvalue weighted by atomic mass is 16.3. The Morgan fingerprint density at radius 2 is 0.636 bits per heavy atom. The summed E-state index contributed by atoms with van der Waals surface area (Å²) in [7, 11) is 0. The van der Waals surface area contributed by atoms with Gasteiger partial charge in [0, 0.05) is 6.42 Å². The van der Waals surface area contributed by atoms with Crippen molar-refractivity contribution in [1.29, 1.82) is 0 Å². The Kier molecular flexibility index (Phi) is 56.2. The van der Waals surface area contributed by atoms with Gasteiger partial charge in [-0.1, -0.05) is 300 Å². The molecule has 0 aliphatic heterocycles. The lowest BCUT2D eigenvalue weighted by Gasteiger charge is -2.19. The van der Waals surface area contributed by atoms with Crippen LogP contribution in [0.25, 0.3) is 0 Å². The molecule has 0 spiro atoms. The number of unbranched alkanes of at least 4 members (excludes halogenated alkanes) is 42. The van der Waals surface area contributed by atoms with Crippen molar-refractivity contribution >= 4 is 5.91 Å². The van der Waals surface area contributed by atoms with Crippen LogP contribution in [0, 0.1) is 0 Å². The Bertz CT molecular complexity index is 1050. The van der Waals surface area contributed by atoms with Crippen molar-refractivity contribution in [2.75, 3.05) is 6.61 Å². The first-order chi connectivity index (χ1) is 32.7. The Hall–Kier alpha value is -1.65. The fraction of sp³-hybridized carbons (Fsp3) is 0.855. The second-order valence-electron chi connectivity index (χ2n) is 20.4. The molecule has 1 amide bonds. The molecule has 388 valence electrons. The molecule has 2 unspecified atom stereocenters. The van der Waals surface area contributed by atoms with Crippen LogP contribution in [0.1, 0.15) is 322 Å². The van der Waals surface area contributed by atoms with E-state index in [1.807, 2.05) is 6.08 Å². The molecule has 0 aromatic rings. The van der Waals surface area contributed by atoms with Crippen LogP contribution in [0.5, 0.6) is 0 Å². The molecule has 0 aromatic carbocycles. The van der Waals surface area contributed by atoms with Crippen LogP contribution in [-0.2, 0) is 4.79 Å². The average molecular weight is 925 g/mol. The molecule has 66 heavy (non-hydrogen) atoms. The molecule has 0 fully saturated rings. The maximum absolute atomic E-state index is 12.5. The molecule has 0 aliphatic rings. The van der Waals surface area contributed by atoms with E-state index in [4.69, 9.17) is 0 Å². The van der Waals surface area contributed by atoms with Crippen LogP contribution in [0.3, 0.4) is 0 Å². The molecule has 0 bridgehead atoms. The van der Waals surface area contributed by atoms with E-state index in [9.17, 15) is 15.0 Å². The summed E-state index contributed by atoms with van der Waals surface area (Å²) in [5.74, 6) is -0.0696. The molecule has 0 saturated heterocycles. The van der Waals surface area contributed by atoms with Crippen molar-refractivity contribution in [1.82, 2.24) is 5.32 Å². The van der Waals surface area contributed by atoms with E-state index in [1.165, 1.54) is 263 Å². The minimum absolute atomic E-state index is 0.0696. The van der Waals surface area contributed by atoms with E-state index < -0.39 is 12.1 Å². The molecule has 0 heterocycles. The third-order valence-electron chi connectivity index (χ3n) is 13.8. The molecule has 0 rings (SSSR count). The Morgan fingerprint density at radius 3 is 0.970 bits per heavy atom. The van der Waals surface area contributed by atoms with Gasteiger partial charge in [-0.15, -0.1) is 0 Å². The Labute approximate surface area is 414 Å². The lowest BCUT2D eigenvalue weighted by atomic mass is 10.0. The van der Waals surface area contributed by atoms with E-state index in [1.54, 1.807) is 6.08 Å². The van der Waals surface area contributed by atoms with Gasteiger partial charge >= 0.3 is 0 Å². The molecule has 0 radical (unpaired) electrons. The first kappa shape index (κ1) is 64.3. The van der Waals surface area contributed by atoms with Crippen LogP contribution < -0.4 is 5.32 Å². The highest BCUT2D eigenvalue weighted by Gasteiger charge is 2.18. The van der Waals surface area contributed by atoms with Crippen LogP contribution in [-0.4, -0.2) is 34.9 Å². The Balaban J connectivity index is 3.49. The number of allylic oxidation sites excluding steroid dienone is 7. The molecule has 4 heteroatoms. The largest absolute Gasteiger partial charge is 0.394 e. The summed E-state index contributed by atoms with van der Waals surface area (Å²) in [5, 5.41) is 23.2. The van der Waals surface area contributed by atoms with E-state index in [0.29, 0.717) is 6.42 Å². The second-order valence-corrected chi connectivity index (χ2v) is 20.4. The zero-order valence-electron chi connectivity index (χ0n) is 44.7. The molecule has 3 N–H and O–H groups in total. The number of carbonyl (C=O) groups is 1. The number of aliphatic hydroxyl groups is 2. The minimum atomic E-state index is -0.863. The Morgan fingerprint density at radius 1 is 0.364 bits per heavy atom. The van der Waals surface area contributed by atoms with Crippen LogP contribution in [0.2, 0.25) is 0 Å². The smallest absolute Gasteiger partial charge is 0.220 e. The van der Waals surface area contributed by atoms with Gasteiger partial charge in [0.1, 0.15) is 0 Å². The van der Waals surface area contributed by atoms with Crippen molar-refractivity contribution in [2.45, 2.75) is 334 Å². The molecule has 0 aromatic heterocycles. The standard InChI is InChI=1S/C62H117NO3/c1-3-5-7-9-11-13-15-17-19-21-23-25-26-27-28-29-30-31-32-33-34-35-36-38-40-42-44-46-48-50-52-54-56-58-62(66)63-60(59-64)61(65)57-55-53-51-49-47-45-43-41-39-37-24-22-20-18-16-14-12-10-8-6-4-2/h23,25,27-28,47,49,55,57,60-61,64-65H,3-22,24,26,29-46,48,50-54,56,58-59H2,1-2H3,(H,63,66)/b25-23-,28-27-,49-47+,57-55+. The van der Waals surface area contributed by atoms with Gasteiger partial charge in [-0.05, 0) is 64.2 Å². The van der Waals surface area contributed by atoms with Crippen molar-refractivity contribution in [3.63, 3.8) is 0 Å². The van der Waals surface area contributed by atoms with Crippen molar-refractivity contribution in [3.8, 4) is 0 Å². The van der Waals surface area contributed by atoms with Gasteiger partial charge in [0.15, 0.2) is 0 Å². The molecule has 2 atom stereocenters. The summed E-state index contributed by atoms with van der Waals surface area (Å²) in [6.45, 7) is 4.33. The lowest BCUT2D eigenvalue weighted by Crippen LogP contribution is -2.45. The first-order valence-electron chi connectivity index (χ1n) is 29.9. The maximum Gasteiger partial charge on any atom is 0.220 e. The van der Waals surface area contributed by atoms with Gasteiger partial charge in [-0.3, -0.25) is 4.79 Å². The summed E-state index contributed by atoms with van der Waals surface area (Å²) in [4.78, 5) is 12.5. The van der Waals surface area contributed by atoms with Gasteiger partial charge in [0.05, 0.1) is 18.8 Å². The quantitative estimate of drug-likeness (QED) is 0.0420. The van der Waals surface area contributed by atoms with E-state index in [2.05, 4.69) is 55.6 Å². The fourth-order valence-electron chi connectivity index (χ4n) is 9.23. The number of carbonyl (C=O) groups excluding carboxylic acids is 1. The van der Waals surface area contributed by atoms with Crippen molar-refractivity contribution < 1.29 is 15.0 Å². The summed E-state index contributed by atoms with van der Waals surface area (Å²) in [6, 6.07) is -0.640. The first-order valence-corrected chi connectivity index (χ1v) is 29.9. The highest BCUT2D eigenvalue weighted by molar-refractivity contribution is 5.76. The van der Waals surface area contributed by atoms with Gasteiger partial charge in [0.2, 0.25) is 5.91 Å². The van der Waals surface area contributed by atoms with Crippen molar-refractivity contribution in [3.05, 3.63) is 48.6 Å². The normalized spacial score (nSPS) is 13.1. The number of amides is 1. The monoisotopic (exact) mass is 924 g/mol. The molecule has 0 saturated carbocycles. The summed E-state index contributed by atoms with van der Waals surface area (Å²) < 4.78 is 0. The third kappa shape index (κ3) is 53.3. The number of hydrogen-bond acceptors (Lipinski definition) is 3. The minimum Gasteiger partial charge on any atom is -0.394 e. The molecule has 0 aliphatic carbocycles. The zero-order chi connectivity index (χ0) is 47.7. The number of aliphatic hydroxyl groups excluding tert-OH is 2. The van der Waals surface area contributed by atoms with Gasteiger partial charge < -0.3 is 15.5 Å². The van der Waals surface area contributed by atoms with E-state index in [-0.39, 0.29) is 12.5 Å². The number of nitrogens with one attached hydrogen (secondary N) is 1. The molecular formula is C62H117NO3. The lowest BCUT2D eigenvalue weighted by molar-refractivity contribution is -0.123. The average Bonchev–Trinajstić information content (AvgIpc) is 3.32. The van der Waals surface area contributed by atoms with Gasteiger partial charge in [-0.25, -0.2) is 0 Å². The van der Waals surface area contributed by atoms with E-state index >= 15 is 0 Å². The van der Waals surface area contributed by atoms with E-state index in [0.717, 1.165) is 38.5 Å². The van der Waals surface area contributed by atoms with Crippen LogP contribution in [0.15, 0.2) is 48.6 Å². The van der Waals surface area contributed by atoms with Crippen LogP contribution in [0.4, 0.5) is 0 Å². The summed E-state index contributed by atoms with van der Waals surface area (Å²) in [6.07, 6.45) is 80.1. The number of hydrogen-bond donors (Lipinski definition) is 3. The fourth-order valence-corrected chi connectivity index (χ4v) is 9.23. The van der Waals surface area contributed by atoms with Gasteiger partial charge in [-0.2, -0.15) is 0 Å². The number of rotatable bonds is 55. The maximum atomic E-state index is 12.5. The third-order valence-corrected chi connectivity index (χ3v) is 13.8. The molecule has 4 nitrogen and oxygen atoms in total. The summed E-state index contributed by atoms with van der Waals surface area (Å²) >= 11 is 0. The zero-order valence-corrected chi connectivity index (χ0v) is 44.7. The topological polar surface area (TPSA) is 69.6 Å². The molecular weight excluding hydrogens is 807 g/mol. The highest BCUT2D eigenvalue weighted by Crippen LogP contribution is 2.17. The predicted octanol–water partition coefficient (Wildman–Crippen LogP) is 19.8. The van der Waals surface area contributed by atoms with Crippen LogP contribution >= 0.6 is 0 Å². The van der Waals surface area contributed by atoms with Crippen molar-refractivity contribution in [2.24, 2.45) is 0 Å². The second kappa shape index (κ2) is 57.7.